The summed E-state index contributed by atoms with van der Waals surface area (Å²) < 4.78 is 37.2. The number of aliphatic hydroxyl groups is 1. The Morgan fingerprint density at radius 3 is 1.87 bits per heavy atom. The standard InChI is InChI=1S/2C18H25NO7S/c1-18(17(21)22)12-27-16(19-18)13-4-3-5-14(15(13)20)26-11-10-25-9-8-24-7-6-23-2;1-18(17(22)23)12-27-16(19-18)14-4-3-13(11-15(14)21)26-10-9-25-8-7-24-6-2-5-20/h3-5,20H,6-12H2,1-2H3,(H,21,22);3-4,11,20-21H,2,5-10,12H2,1H3,(H,22,23)/p-1/t2*18-/m11/s1. The Morgan fingerprint density at radius 1 is 0.759 bits per heavy atom. The summed E-state index contributed by atoms with van der Waals surface area (Å²) in [7, 11) is 1.62. The molecule has 0 fully saturated rings. The zero-order valence-corrected chi connectivity index (χ0v) is 32.3. The van der Waals surface area contributed by atoms with Crippen LogP contribution in [0.3, 0.4) is 0 Å². The summed E-state index contributed by atoms with van der Waals surface area (Å²) in [6, 6.07) is 9.86. The van der Waals surface area contributed by atoms with Crippen molar-refractivity contribution in [2.24, 2.45) is 9.98 Å². The Labute approximate surface area is 322 Å². The first-order valence-corrected chi connectivity index (χ1v) is 19.1. The van der Waals surface area contributed by atoms with E-state index in [1.807, 2.05) is 0 Å². The second kappa shape index (κ2) is 23.3. The molecule has 54 heavy (non-hydrogen) atoms. The van der Waals surface area contributed by atoms with Gasteiger partial charge in [-0.25, -0.2) is 4.79 Å². The van der Waals surface area contributed by atoms with E-state index in [1.54, 1.807) is 44.4 Å². The number of para-hydroxylation sites is 1. The van der Waals surface area contributed by atoms with E-state index in [1.165, 1.54) is 36.5 Å². The Bertz CT molecular complexity index is 1560. The number of carbonyl (C=O) groups is 2. The molecule has 0 spiro atoms. The number of carbonyl (C=O) groups excluding carboxylic acids is 1. The summed E-state index contributed by atoms with van der Waals surface area (Å²) >= 11 is 2.57. The number of aliphatic hydroxyl groups excluding tert-OH is 1. The first kappa shape index (κ1) is 44.8. The molecular weight excluding hydrogens is 749 g/mol. The number of hydrogen-bond donors (Lipinski definition) is 4. The van der Waals surface area contributed by atoms with Crippen molar-refractivity contribution in [1.29, 1.82) is 0 Å². The van der Waals surface area contributed by atoms with Crippen molar-refractivity contribution in [3.63, 3.8) is 0 Å². The van der Waals surface area contributed by atoms with Crippen LogP contribution < -0.4 is 14.6 Å². The Hall–Kier alpha value is -3.62. The van der Waals surface area contributed by atoms with E-state index in [0.717, 1.165) is 0 Å². The topological polar surface area (TPSA) is 227 Å². The molecule has 300 valence electrons. The predicted molar refractivity (Wildman–Crippen MR) is 202 cm³/mol. The molecule has 0 radical (unpaired) electrons. The summed E-state index contributed by atoms with van der Waals surface area (Å²) in [6.07, 6.45) is 0.611. The highest BCUT2D eigenvalue weighted by atomic mass is 32.2. The molecule has 0 aliphatic carbocycles. The number of phenols is 2. The number of nitrogens with zero attached hydrogens (tertiary/aromatic N) is 2. The van der Waals surface area contributed by atoms with Crippen LogP contribution in [0.25, 0.3) is 0 Å². The Morgan fingerprint density at radius 2 is 1.31 bits per heavy atom. The molecule has 2 aromatic carbocycles. The highest BCUT2D eigenvalue weighted by molar-refractivity contribution is 8.15. The fraction of sp³-hybridized carbons (Fsp3) is 0.556. The van der Waals surface area contributed by atoms with Crippen molar-refractivity contribution in [3.05, 3.63) is 47.5 Å². The predicted octanol–water partition coefficient (Wildman–Crippen LogP) is 1.98. The van der Waals surface area contributed by atoms with Gasteiger partial charge < -0.3 is 63.5 Å². The lowest BCUT2D eigenvalue weighted by Crippen LogP contribution is -2.45. The van der Waals surface area contributed by atoms with E-state index in [0.29, 0.717) is 111 Å². The molecule has 2 aliphatic rings. The molecule has 4 N–H and O–H groups in total. The van der Waals surface area contributed by atoms with Crippen molar-refractivity contribution >= 4 is 45.5 Å². The van der Waals surface area contributed by atoms with Crippen LogP contribution in [-0.4, -0.2) is 151 Å². The lowest BCUT2D eigenvalue weighted by Gasteiger charge is -2.19. The van der Waals surface area contributed by atoms with Crippen molar-refractivity contribution in [2.75, 3.05) is 97.9 Å². The SMILES string of the molecule is COCCOCCOCCOc1cccc(C2=N[C@@](C)(C(=O)O)CS2)c1O.C[C@]1(C(=O)[O-])CSC(c2ccc(OCCOCCOCCCO)cc2O)=N1. The van der Waals surface area contributed by atoms with Gasteiger partial charge in [0.25, 0.3) is 0 Å². The normalized spacial score (nSPS) is 19.1. The number of benzene rings is 2. The average molecular weight is 798 g/mol. The number of aliphatic carboxylic acids is 2. The van der Waals surface area contributed by atoms with E-state index in [-0.39, 0.29) is 30.5 Å². The Balaban J connectivity index is 0.000000290. The van der Waals surface area contributed by atoms with Crippen molar-refractivity contribution in [3.8, 4) is 23.0 Å². The van der Waals surface area contributed by atoms with E-state index in [9.17, 15) is 30.0 Å². The highest BCUT2D eigenvalue weighted by Gasteiger charge is 2.39. The van der Waals surface area contributed by atoms with Gasteiger partial charge in [-0.1, -0.05) is 6.07 Å². The van der Waals surface area contributed by atoms with Crippen molar-refractivity contribution in [1.82, 2.24) is 0 Å². The van der Waals surface area contributed by atoms with Gasteiger partial charge in [-0.15, -0.1) is 23.5 Å². The van der Waals surface area contributed by atoms with Gasteiger partial charge in [-0.05, 0) is 44.5 Å². The van der Waals surface area contributed by atoms with Crippen LogP contribution in [0, 0.1) is 0 Å². The van der Waals surface area contributed by atoms with Gasteiger partial charge in [0, 0.05) is 43.5 Å². The van der Waals surface area contributed by atoms with Gasteiger partial charge in [0.15, 0.2) is 17.0 Å². The van der Waals surface area contributed by atoms with Crippen LogP contribution in [0.5, 0.6) is 23.0 Å². The molecule has 0 unspecified atom stereocenters. The van der Waals surface area contributed by atoms with Gasteiger partial charge in [0.1, 0.15) is 40.3 Å². The molecule has 0 saturated heterocycles. The van der Waals surface area contributed by atoms with Crippen LogP contribution in [-0.2, 0) is 33.3 Å². The maximum Gasteiger partial charge on any atom is 0.332 e. The summed E-state index contributed by atoms with van der Waals surface area (Å²) in [5, 5.41) is 50.6. The monoisotopic (exact) mass is 797 g/mol. The summed E-state index contributed by atoms with van der Waals surface area (Å²) in [5.41, 5.74) is -1.52. The molecule has 18 heteroatoms. The number of carboxylic acids is 2. The Kier molecular flexibility index (Phi) is 19.3. The number of rotatable bonds is 24. The number of thioether (sulfide) groups is 2. The van der Waals surface area contributed by atoms with Gasteiger partial charge in [0.2, 0.25) is 0 Å². The molecular formula is C36H49N2O14S2-. The summed E-state index contributed by atoms with van der Waals surface area (Å²) in [6.45, 7) is 7.87. The highest BCUT2D eigenvalue weighted by Crippen LogP contribution is 2.38. The number of aliphatic imine (C=N–C) groups is 2. The maximum absolute atomic E-state index is 11.3. The molecule has 4 rings (SSSR count). The van der Waals surface area contributed by atoms with Gasteiger partial charge in [-0.2, -0.15) is 0 Å². The molecule has 0 amide bonds. The summed E-state index contributed by atoms with van der Waals surface area (Å²) in [4.78, 5) is 30.9. The maximum atomic E-state index is 11.3. The average Bonchev–Trinajstić information content (AvgIpc) is 3.75. The van der Waals surface area contributed by atoms with Crippen LogP contribution in [0.1, 0.15) is 31.4 Å². The lowest BCUT2D eigenvalue weighted by atomic mass is 10.1. The summed E-state index contributed by atoms with van der Waals surface area (Å²) in [5.74, 6) is -0.930. The molecule has 2 aromatic rings. The smallest absolute Gasteiger partial charge is 0.332 e. The minimum absolute atomic E-state index is 0.0282. The largest absolute Gasteiger partial charge is 0.547 e. The minimum Gasteiger partial charge on any atom is -0.547 e. The van der Waals surface area contributed by atoms with Gasteiger partial charge >= 0.3 is 5.97 Å². The van der Waals surface area contributed by atoms with Crippen LogP contribution in [0.2, 0.25) is 0 Å². The number of hydrogen-bond acceptors (Lipinski definition) is 17. The van der Waals surface area contributed by atoms with Crippen molar-refractivity contribution in [2.45, 2.75) is 31.3 Å². The first-order valence-electron chi connectivity index (χ1n) is 17.2. The number of methoxy groups -OCH3 is 1. The van der Waals surface area contributed by atoms with Crippen molar-refractivity contribution < 1.29 is 68.3 Å². The molecule has 0 saturated carbocycles. The van der Waals surface area contributed by atoms with Crippen LogP contribution in [0.15, 0.2) is 46.4 Å². The number of phenolic OH excluding ortho intramolecular Hbond substituents is 2. The van der Waals surface area contributed by atoms with Crippen LogP contribution >= 0.6 is 23.5 Å². The fourth-order valence-electron chi connectivity index (χ4n) is 4.46. The third kappa shape index (κ3) is 14.2. The van der Waals surface area contributed by atoms with Gasteiger partial charge in [0.05, 0.1) is 64.4 Å². The molecule has 2 atom stereocenters. The second-order valence-corrected chi connectivity index (χ2v) is 14.0. The fourth-order valence-corrected chi connectivity index (χ4v) is 6.85. The quantitative estimate of drug-likeness (QED) is 0.111. The van der Waals surface area contributed by atoms with E-state index in [2.05, 4.69) is 9.98 Å². The van der Waals surface area contributed by atoms with E-state index < -0.39 is 23.0 Å². The number of ether oxygens (including phenoxy) is 7. The third-order valence-electron chi connectivity index (χ3n) is 7.61. The number of aromatic hydroxyl groups is 2. The minimum atomic E-state index is -1.28. The lowest BCUT2D eigenvalue weighted by molar-refractivity contribution is -0.311. The van der Waals surface area contributed by atoms with Crippen LogP contribution in [0.4, 0.5) is 0 Å². The van der Waals surface area contributed by atoms with Gasteiger partial charge in [-0.3, -0.25) is 9.98 Å². The second-order valence-electron chi connectivity index (χ2n) is 12.1. The molecule has 2 aliphatic heterocycles. The molecule has 0 aromatic heterocycles. The van der Waals surface area contributed by atoms with E-state index in [4.69, 9.17) is 38.3 Å². The molecule has 0 bridgehead atoms. The van der Waals surface area contributed by atoms with E-state index >= 15 is 0 Å². The molecule has 16 nitrogen and oxygen atoms in total. The third-order valence-corrected chi connectivity index (χ3v) is 10.2. The zero-order valence-electron chi connectivity index (χ0n) is 30.7. The first-order chi connectivity index (χ1) is 25.9. The number of carboxylic acid groups (broad SMARTS) is 2. The zero-order chi connectivity index (χ0) is 39.4. The molecule has 2 heterocycles.